The predicted octanol–water partition coefficient (Wildman–Crippen LogP) is -0.943. The molecule has 3 aromatic heterocycles. The molecular formula is C12H9B2N7O. The van der Waals surface area contributed by atoms with E-state index in [0.717, 1.165) is 0 Å². The lowest BCUT2D eigenvalue weighted by Crippen LogP contribution is -2.21. The first-order valence-corrected chi connectivity index (χ1v) is 6.21. The molecule has 10 heteroatoms. The molecule has 8 nitrogen and oxygen atoms in total. The van der Waals surface area contributed by atoms with E-state index in [2.05, 4.69) is 20.4 Å². The summed E-state index contributed by atoms with van der Waals surface area (Å²) in [6.07, 6.45) is 4.35. The second-order valence-electron chi connectivity index (χ2n) is 4.46. The number of anilines is 3. The molecule has 3 rings (SSSR count). The highest BCUT2D eigenvalue weighted by Gasteiger charge is 2.12. The van der Waals surface area contributed by atoms with Crippen molar-refractivity contribution in [2.75, 3.05) is 11.1 Å². The van der Waals surface area contributed by atoms with Crippen molar-refractivity contribution in [2.45, 2.75) is 0 Å². The topological polar surface area (TPSA) is 110 Å². The Kier molecular flexibility index (Phi) is 3.42. The molecule has 0 unspecified atom stereocenters. The predicted molar refractivity (Wildman–Crippen MR) is 83.5 cm³/mol. The van der Waals surface area contributed by atoms with Gasteiger partial charge in [-0.05, 0) is 0 Å². The quantitative estimate of drug-likeness (QED) is 0.537. The number of fused-ring (bicyclic) bond motifs is 1. The van der Waals surface area contributed by atoms with Gasteiger partial charge in [-0.25, -0.2) is 14.5 Å². The maximum atomic E-state index is 11.7. The van der Waals surface area contributed by atoms with Gasteiger partial charge in [-0.1, -0.05) is 5.46 Å². The minimum absolute atomic E-state index is 0.236. The number of aromatic nitrogens is 4. The van der Waals surface area contributed by atoms with Crippen molar-refractivity contribution < 1.29 is 4.79 Å². The van der Waals surface area contributed by atoms with Crippen LogP contribution in [-0.4, -0.2) is 41.3 Å². The van der Waals surface area contributed by atoms with Gasteiger partial charge in [-0.3, -0.25) is 4.79 Å². The van der Waals surface area contributed by atoms with Crippen LogP contribution in [-0.2, 0) is 0 Å². The second-order valence-corrected chi connectivity index (χ2v) is 4.46. The first-order chi connectivity index (χ1) is 10.6. The minimum Gasteiger partial charge on any atom is -0.405 e. The smallest absolute Gasteiger partial charge is 0.242 e. The van der Waals surface area contributed by atoms with Crippen molar-refractivity contribution in [3.63, 3.8) is 0 Å². The normalized spacial score (nSPS) is 10.5. The Bertz CT molecular complexity index is 864. The first-order valence-electron chi connectivity index (χ1n) is 6.21. The van der Waals surface area contributed by atoms with Crippen molar-refractivity contribution in [2.24, 2.45) is 0 Å². The van der Waals surface area contributed by atoms with Gasteiger partial charge in [-0.15, -0.1) is 0 Å². The zero-order chi connectivity index (χ0) is 15.7. The van der Waals surface area contributed by atoms with Crippen LogP contribution >= 0.6 is 0 Å². The molecule has 1 amide bonds. The Labute approximate surface area is 128 Å². The molecule has 22 heavy (non-hydrogen) atoms. The molecule has 0 aliphatic heterocycles. The maximum Gasteiger partial charge on any atom is 0.242 e. The van der Waals surface area contributed by atoms with Gasteiger partial charge in [0.2, 0.25) is 13.9 Å². The summed E-state index contributed by atoms with van der Waals surface area (Å²) < 4.78 is 1.54. The van der Waals surface area contributed by atoms with Crippen molar-refractivity contribution in [3.8, 4) is 0 Å². The highest BCUT2D eigenvalue weighted by molar-refractivity contribution is 6.36. The summed E-state index contributed by atoms with van der Waals surface area (Å²) in [5.41, 5.74) is 7.51. The average molecular weight is 289 g/mol. The van der Waals surface area contributed by atoms with E-state index in [9.17, 15) is 4.79 Å². The molecule has 0 bridgehead atoms. The second kappa shape index (κ2) is 5.40. The molecule has 3 aromatic rings. The first kappa shape index (κ1) is 13.9. The standard InChI is InChI=1S/C12H9B2N7O/c13-7-4-18-21-5-17-11(2-9(7)21)19-8-1-10(15)16-3-6(8)12(22)20-14/h1-5H,(H,20,22)(H3,15,16,19). The Morgan fingerprint density at radius 1 is 1.27 bits per heavy atom. The molecular weight excluding hydrogens is 280 g/mol. The summed E-state index contributed by atoms with van der Waals surface area (Å²) in [6, 6.07) is 3.21. The molecule has 4 radical (unpaired) electrons. The van der Waals surface area contributed by atoms with Gasteiger partial charge in [0, 0.05) is 24.5 Å². The lowest BCUT2D eigenvalue weighted by molar-refractivity contribution is 0.0982. The summed E-state index contributed by atoms with van der Waals surface area (Å²) in [5.74, 6) is 0.220. The number of hydrogen-bond acceptors (Lipinski definition) is 6. The van der Waals surface area contributed by atoms with Crippen LogP contribution in [0.1, 0.15) is 10.4 Å². The van der Waals surface area contributed by atoms with Gasteiger partial charge in [0.15, 0.2) is 0 Å². The molecule has 0 atom stereocenters. The van der Waals surface area contributed by atoms with Crippen LogP contribution in [0.25, 0.3) is 5.52 Å². The highest BCUT2D eigenvalue weighted by atomic mass is 16.1. The van der Waals surface area contributed by atoms with Gasteiger partial charge in [0.05, 0.1) is 16.8 Å². The van der Waals surface area contributed by atoms with E-state index < -0.39 is 5.91 Å². The third-order valence-electron chi connectivity index (χ3n) is 3.01. The van der Waals surface area contributed by atoms with E-state index in [1.165, 1.54) is 29.3 Å². The van der Waals surface area contributed by atoms with E-state index in [1.807, 2.05) is 5.23 Å². The van der Waals surface area contributed by atoms with Gasteiger partial charge >= 0.3 is 0 Å². The highest BCUT2D eigenvalue weighted by Crippen LogP contribution is 2.21. The zero-order valence-corrected chi connectivity index (χ0v) is 11.3. The summed E-state index contributed by atoms with van der Waals surface area (Å²) in [7, 11) is 11.0. The Morgan fingerprint density at radius 3 is 2.86 bits per heavy atom. The number of hydrogen-bond donors (Lipinski definition) is 3. The van der Waals surface area contributed by atoms with Crippen LogP contribution < -0.4 is 21.7 Å². The molecule has 0 spiro atoms. The molecule has 0 saturated carbocycles. The number of nitrogens with zero attached hydrogens (tertiary/aromatic N) is 4. The zero-order valence-electron chi connectivity index (χ0n) is 11.3. The van der Waals surface area contributed by atoms with Crippen LogP contribution in [0.3, 0.4) is 0 Å². The van der Waals surface area contributed by atoms with Crippen LogP contribution in [0.5, 0.6) is 0 Å². The fraction of sp³-hybridized carbons (Fsp3) is 0. The minimum atomic E-state index is -0.500. The summed E-state index contributed by atoms with van der Waals surface area (Å²) in [6.45, 7) is 0. The molecule has 0 fully saturated rings. The van der Waals surface area contributed by atoms with Gasteiger partial charge in [-0.2, -0.15) is 5.10 Å². The van der Waals surface area contributed by atoms with E-state index in [-0.39, 0.29) is 11.4 Å². The molecule has 0 aliphatic carbocycles. The Balaban J connectivity index is 2.02. The number of carbonyl (C=O) groups excluding carboxylic acids is 1. The van der Waals surface area contributed by atoms with Crippen molar-refractivity contribution >= 4 is 50.0 Å². The molecule has 0 saturated heterocycles. The van der Waals surface area contributed by atoms with E-state index in [0.29, 0.717) is 22.5 Å². The fourth-order valence-corrected chi connectivity index (χ4v) is 1.95. The number of pyridine rings is 1. The number of nitrogens with two attached hydrogens (primary N) is 1. The molecule has 104 valence electrons. The lowest BCUT2D eigenvalue weighted by atomic mass is 9.99. The molecule has 4 N–H and O–H groups in total. The summed E-state index contributed by atoms with van der Waals surface area (Å²) in [5, 5.41) is 9.07. The Hall–Kier alpha value is -3.03. The van der Waals surface area contributed by atoms with Crippen LogP contribution in [0.2, 0.25) is 0 Å². The maximum absolute atomic E-state index is 11.7. The molecule has 3 heterocycles. The SMILES string of the molecule is [B]NC(=O)c1cnc(N)cc1Nc1cc2c([B])cnn2cn1. The van der Waals surface area contributed by atoms with E-state index in [1.54, 1.807) is 6.07 Å². The Morgan fingerprint density at radius 2 is 2.09 bits per heavy atom. The van der Waals surface area contributed by atoms with E-state index >= 15 is 0 Å². The van der Waals surface area contributed by atoms with E-state index in [4.69, 9.17) is 21.6 Å². The number of carbonyl (C=O) groups is 1. The van der Waals surface area contributed by atoms with Crippen LogP contribution in [0, 0.1) is 0 Å². The van der Waals surface area contributed by atoms with Crippen molar-refractivity contribution in [1.82, 2.24) is 24.8 Å². The molecule has 0 aliphatic rings. The monoisotopic (exact) mass is 289 g/mol. The van der Waals surface area contributed by atoms with Gasteiger partial charge < -0.3 is 16.3 Å². The number of nitrogens with one attached hydrogen (secondary N) is 2. The average Bonchev–Trinajstić information content (AvgIpc) is 2.88. The third kappa shape index (κ3) is 2.46. The number of amides is 1. The van der Waals surface area contributed by atoms with Gasteiger partial charge in [0.25, 0.3) is 0 Å². The van der Waals surface area contributed by atoms with Crippen LogP contribution in [0.4, 0.5) is 17.3 Å². The van der Waals surface area contributed by atoms with Crippen molar-refractivity contribution in [1.29, 1.82) is 0 Å². The summed E-state index contributed by atoms with van der Waals surface area (Å²) in [4.78, 5) is 19.8. The fourth-order valence-electron chi connectivity index (χ4n) is 1.95. The van der Waals surface area contributed by atoms with Crippen molar-refractivity contribution in [3.05, 3.63) is 36.4 Å². The number of nitrogen functional groups attached to an aromatic ring is 1. The third-order valence-corrected chi connectivity index (χ3v) is 3.01. The summed E-state index contributed by atoms with van der Waals surface area (Å²) >= 11 is 0. The lowest BCUT2D eigenvalue weighted by Gasteiger charge is -2.11. The largest absolute Gasteiger partial charge is 0.405 e. The number of rotatable bonds is 3. The van der Waals surface area contributed by atoms with Gasteiger partial charge in [0.1, 0.15) is 25.8 Å². The molecule has 0 aromatic carbocycles. The van der Waals surface area contributed by atoms with Crippen LogP contribution in [0.15, 0.2) is 30.9 Å².